The Morgan fingerprint density at radius 1 is 1.38 bits per heavy atom. The monoisotopic (exact) mass is 329 g/mol. The lowest BCUT2D eigenvalue weighted by Gasteiger charge is -2.19. The Balaban J connectivity index is 1.87. The molecule has 1 aromatic carbocycles. The number of hydrogen-bond donors (Lipinski definition) is 2. The second kappa shape index (κ2) is 6.53. The van der Waals surface area contributed by atoms with Crippen molar-refractivity contribution in [3.63, 3.8) is 0 Å². The smallest absolute Gasteiger partial charge is 0.321 e. The molecule has 2 aromatic heterocycles. The number of imidazole rings is 1. The lowest BCUT2D eigenvalue weighted by molar-refractivity contribution is 0.249. The van der Waals surface area contributed by atoms with Crippen molar-refractivity contribution in [2.75, 3.05) is 5.32 Å². The van der Waals surface area contributed by atoms with Gasteiger partial charge in [-0.05, 0) is 13.0 Å². The van der Waals surface area contributed by atoms with Crippen LogP contribution in [0.2, 0.25) is 0 Å². The third kappa shape index (κ3) is 3.27. The number of nitrogens with zero attached hydrogens (tertiary/aromatic N) is 3. The molecule has 0 aliphatic rings. The maximum Gasteiger partial charge on any atom is 0.321 e. The zero-order chi connectivity index (χ0) is 17.1. The zero-order valence-corrected chi connectivity index (χ0v) is 13.2. The van der Waals surface area contributed by atoms with Crippen molar-refractivity contribution < 1.29 is 13.7 Å². The van der Waals surface area contributed by atoms with Gasteiger partial charge >= 0.3 is 6.03 Å². The zero-order valence-electron chi connectivity index (χ0n) is 13.2. The number of benzene rings is 1. The Bertz CT molecular complexity index is 858. The number of amides is 2. The molecule has 0 spiro atoms. The van der Waals surface area contributed by atoms with Crippen LogP contribution in [0.4, 0.5) is 15.0 Å². The summed E-state index contributed by atoms with van der Waals surface area (Å²) in [6.07, 6.45) is 3.31. The molecule has 0 fully saturated rings. The highest BCUT2D eigenvalue weighted by Crippen LogP contribution is 2.23. The second-order valence-electron chi connectivity index (χ2n) is 5.27. The van der Waals surface area contributed by atoms with E-state index in [1.54, 1.807) is 55.2 Å². The average molecular weight is 329 g/mol. The molecule has 0 aliphatic heterocycles. The van der Waals surface area contributed by atoms with Gasteiger partial charge in [0.25, 0.3) is 0 Å². The van der Waals surface area contributed by atoms with E-state index in [1.165, 1.54) is 6.07 Å². The molecule has 2 heterocycles. The molecule has 0 radical (unpaired) electrons. The summed E-state index contributed by atoms with van der Waals surface area (Å²) in [5.41, 5.74) is 0.318. The fraction of sp³-hybridized carbons (Fsp3) is 0.188. The SMILES string of the molecule is Cc1cc(NC(=O)NC(c2ccccc2F)c2nccn2C)no1. The molecule has 2 N–H and O–H groups in total. The van der Waals surface area contributed by atoms with Crippen LogP contribution in [0, 0.1) is 12.7 Å². The van der Waals surface area contributed by atoms with Crippen molar-refractivity contribution in [3.05, 3.63) is 65.7 Å². The Kier molecular flexibility index (Phi) is 4.28. The van der Waals surface area contributed by atoms with Crippen LogP contribution in [-0.4, -0.2) is 20.7 Å². The third-order valence-electron chi connectivity index (χ3n) is 3.48. The van der Waals surface area contributed by atoms with E-state index in [2.05, 4.69) is 20.8 Å². The minimum atomic E-state index is -0.751. The van der Waals surface area contributed by atoms with E-state index >= 15 is 0 Å². The fourth-order valence-corrected chi connectivity index (χ4v) is 2.35. The molecule has 0 saturated heterocycles. The van der Waals surface area contributed by atoms with Crippen molar-refractivity contribution in [2.45, 2.75) is 13.0 Å². The van der Waals surface area contributed by atoms with Gasteiger partial charge in [0.15, 0.2) is 5.82 Å². The van der Waals surface area contributed by atoms with Gasteiger partial charge in [-0.15, -0.1) is 0 Å². The maximum atomic E-state index is 14.2. The minimum Gasteiger partial charge on any atom is -0.360 e. The number of hydrogen-bond acceptors (Lipinski definition) is 4. The van der Waals surface area contributed by atoms with Crippen LogP contribution in [0.3, 0.4) is 0 Å². The third-order valence-corrected chi connectivity index (χ3v) is 3.48. The summed E-state index contributed by atoms with van der Waals surface area (Å²) in [4.78, 5) is 16.5. The number of carbonyl (C=O) groups excluding carboxylic acids is 1. The van der Waals surface area contributed by atoms with Gasteiger partial charge in [-0.3, -0.25) is 5.32 Å². The molecule has 8 heteroatoms. The normalized spacial score (nSPS) is 12.0. The number of anilines is 1. The summed E-state index contributed by atoms with van der Waals surface area (Å²) in [6, 6.07) is 6.53. The Morgan fingerprint density at radius 2 is 2.17 bits per heavy atom. The van der Waals surface area contributed by atoms with E-state index in [0.29, 0.717) is 17.1 Å². The van der Waals surface area contributed by atoms with E-state index in [4.69, 9.17) is 4.52 Å². The number of halogens is 1. The summed E-state index contributed by atoms with van der Waals surface area (Å²) in [7, 11) is 1.77. The number of nitrogens with one attached hydrogen (secondary N) is 2. The van der Waals surface area contributed by atoms with Crippen molar-refractivity contribution >= 4 is 11.8 Å². The van der Waals surface area contributed by atoms with Crippen LogP contribution in [0.1, 0.15) is 23.2 Å². The molecule has 2 amide bonds. The van der Waals surface area contributed by atoms with Gasteiger partial charge in [-0.25, -0.2) is 14.2 Å². The van der Waals surface area contributed by atoms with E-state index < -0.39 is 17.9 Å². The fourth-order valence-electron chi connectivity index (χ4n) is 2.35. The van der Waals surface area contributed by atoms with Crippen molar-refractivity contribution in [1.82, 2.24) is 20.0 Å². The van der Waals surface area contributed by atoms with E-state index in [0.717, 1.165) is 0 Å². The standard InChI is InChI=1S/C16H16FN5O2/c1-10-9-13(21-24-10)19-16(23)20-14(15-18-7-8-22(15)2)11-5-3-4-6-12(11)17/h3-9,14H,1-2H3,(H2,19,20,21,23). The summed E-state index contributed by atoms with van der Waals surface area (Å²) < 4.78 is 20.8. The van der Waals surface area contributed by atoms with Gasteiger partial charge in [-0.2, -0.15) is 0 Å². The van der Waals surface area contributed by atoms with Crippen LogP contribution < -0.4 is 10.6 Å². The van der Waals surface area contributed by atoms with E-state index in [-0.39, 0.29) is 5.82 Å². The molecule has 0 aliphatic carbocycles. The van der Waals surface area contributed by atoms with Gasteiger partial charge in [-0.1, -0.05) is 23.4 Å². The number of carbonyl (C=O) groups is 1. The number of rotatable bonds is 4. The Hall–Kier alpha value is -3.16. The lowest BCUT2D eigenvalue weighted by atomic mass is 10.1. The first-order valence-corrected chi connectivity index (χ1v) is 7.27. The molecule has 1 atom stereocenters. The van der Waals surface area contributed by atoms with Crippen LogP contribution >= 0.6 is 0 Å². The molecular formula is C16H16FN5O2. The topological polar surface area (TPSA) is 85.0 Å². The summed E-state index contributed by atoms with van der Waals surface area (Å²) in [6.45, 7) is 1.71. The van der Waals surface area contributed by atoms with Gasteiger partial charge in [0.2, 0.25) is 0 Å². The van der Waals surface area contributed by atoms with E-state index in [1.807, 2.05) is 0 Å². The molecule has 0 bridgehead atoms. The summed E-state index contributed by atoms with van der Waals surface area (Å²) in [5.74, 6) is 0.923. The quantitative estimate of drug-likeness (QED) is 0.771. The summed E-state index contributed by atoms with van der Waals surface area (Å²) in [5, 5.41) is 8.96. The minimum absolute atomic E-state index is 0.275. The molecule has 24 heavy (non-hydrogen) atoms. The first kappa shape index (κ1) is 15.7. The number of aromatic nitrogens is 3. The first-order valence-electron chi connectivity index (χ1n) is 7.27. The molecule has 124 valence electrons. The highest BCUT2D eigenvalue weighted by molar-refractivity contribution is 5.88. The maximum absolute atomic E-state index is 14.2. The van der Waals surface area contributed by atoms with Crippen molar-refractivity contribution in [2.24, 2.45) is 7.05 Å². The molecule has 7 nitrogen and oxygen atoms in total. The van der Waals surface area contributed by atoms with Crippen LogP contribution in [-0.2, 0) is 7.05 Å². The number of urea groups is 1. The van der Waals surface area contributed by atoms with Crippen molar-refractivity contribution in [1.29, 1.82) is 0 Å². The molecule has 1 unspecified atom stereocenters. The van der Waals surface area contributed by atoms with Crippen LogP contribution in [0.15, 0.2) is 47.2 Å². The van der Waals surface area contributed by atoms with Crippen LogP contribution in [0.5, 0.6) is 0 Å². The lowest BCUT2D eigenvalue weighted by Crippen LogP contribution is -2.35. The predicted octanol–water partition coefficient (Wildman–Crippen LogP) is 2.77. The highest BCUT2D eigenvalue weighted by atomic mass is 19.1. The van der Waals surface area contributed by atoms with Gasteiger partial charge in [0.05, 0.1) is 0 Å². The van der Waals surface area contributed by atoms with Gasteiger partial charge < -0.3 is 14.4 Å². The highest BCUT2D eigenvalue weighted by Gasteiger charge is 2.23. The first-order chi connectivity index (χ1) is 11.5. The van der Waals surface area contributed by atoms with E-state index in [9.17, 15) is 9.18 Å². The molecular weight excluding hydrogens is 313 g/mol. The largest absolute Gasteiger partial charge is 0.360 e. The van der Waals surface area contributed by atoms with Crippen molar-refractivity contribution in [3.8, 4) is 0 Å². The number of aryl methyl sites for hydroxylation is 2. The Labute approximate surface area is 137 Å². The van der Waals surface area contributed by atoms with Crippen LogP contribution in [0.25, 0.3) is 0 Å². The second-order valence-corrected chi connectivity index (χ2v) is 5.27. The Morgan fingerprint density at radius 3 is 2.79 bits per heavy atom. The predicted molar refractivity (Wildman–Crippen MR) is 84.8 cm³/mol. The molecule has 3 rings (SSSR count). The molecule has 0 saturated carbocycles. The molecule has 3 aromatic rings. The average Bonchev–Trinajstić information content (AvgIpc) is 3.14. The summed E-state index contributed by atoms with van der Waals surface area (Å²) >= 11 is 0. The van der Waals surface area contributed by atoms with Gasteiger partial charge in [0, 0.05) is 31.1 Å². The van der Waals surface area contributed by atoms with Gasteiger partial charge in [0.1, 0.15) is 23.4 Å².